The molecule has 0 saturated carbocycles. The van der Waals surface area contributed by atoms with Crippen LogP contribution in [0.5, 0.6) is 0 Å². The summed E-state index contributed by atoms with van der Waals surface area (Å²) in [7, 11) is 0. The summed E-state index contributed by atoms with van der Waals surface area (Å²) >= 11 is 0. The standard InChI is InChI=1S/C14H25N3O4/c1-10(2)9-12(13(19)20)15-14(21)17-6-4-5-16(7-8-17)11(3)18/h10,12H,4-9H2,1-3H3,(H,15,21)(H,19,20). The summed E-state index contributed by atoms with van der Waals surface area (Å²) in [6, 6.07) is -1.24. The average Bonchev–Trinajstić information content (AvgIpc) is 2.62. The smallest absolute Gasteiger partial charge is 0.326 e. The van der Waals surface area contributed by atoms with Crippen molar-refractivity contribution in [1.82, 2.24) is 15.1 Å². The van der Waals surface area contributed by atoms with Gasteiger partial charge in [0.15, 0.2) is 0 Å². The fourth-order valence-corrected chi connectivity index (χ4v) is 2.37. The topological polar surface area (TPSA) is 90.0 Å². The number of nitrogens with one attached hydrogen (secondary N) is 1. The minimum atomic E-state index is -1.02. The van der Waals surface area contributed by atoms with Crippen molar-refractivity contribution in [2.24, 2.45) is 5.92 Å². The molecule has 1 unspecified atom stereocenters. The molecular weight excluding hydrogens is 274 g/mol. The van der Waals surface area contributed by atoms with Crippen LogP contribution in [0, 0.1) is 5.92 Å². The van der Waals surface area contributed by atoms with E-state index < -0.39 is 12.0 Å². The van der Waals surface area contributed by atoms with Crippen LogP contribution in [0.3, 0.4) is 0 Å². The van der Waals surface area contributed by atoms with Crippen molar-refractivity contribution in [1.29, 1.82) is 0 Å². The van der Waals surface area contributed by atoms with Gasteiger partial charge in [-0.2, -0.15) is 0 Å². The second-order valence-electron chi connectivity index (χ2n) is 5.82. The summed E-state index contributed by atoms with van der Waals surface area (Å²) in [5.41, 5.74) is 0. The Morgan fingerprint density at radius 1 is 1.10 bits per heavy atom. The van der Waals surface area contributed by atoms with Crippen molar-refractivity contribution in [2.45, 2.75) is 39.7 Å². The van der Waals surface area contributed by atoms with Gasteiger partial charge in [0.05, 0.1) is 0 Å². The van der Waals surface area contributed by atoms with Crippen LogP contribution in [-0.2, 0) is 9.59 Å². The van der Waals surface area contributed by atoms with Gasteiger partial charge in [-0.25, -0.2) is 9.59 Å². The van der Waals surface area contributed by atoms with Crippen LogP contribution in [0.2, 0.25) is 0 Å². The molecular formula is C14H25N3O4. The summed E-state index contributed by atoms with van der Waals surface area (Å²) in [6.07, 6.45) is 1.10. The summed E-state index contributed by atoms with van der Waals surface area (Å²) in [4.78, 5) is 38.0. The van der Waals surface area contributed by atoms with E-state index in [1.165, 1.54) is 6.92 Å². The van der Waals surface area contributed by atoms with E-state index in [0.29, 0.717) is 39.0 Å². The number of hydrogen-bond acceptors (Lipinski definition) is 3. The molecule has 1 saturated heterocycles. The molecule has 0 bridgehead atoms. The second-order valence-corrected chi connectivity index (χ2v) is 5.82. The molecule has 1 aliphatic heterocycles. The lowest BCUT2D eigenvalue weighted by atomic mass is 10.0. The van der Waals surface area contributed by atoms with E-state index in [4.69, 9.17) is 5.11 Å². The van der Waals surface area contributed by atoms with E-state index in [9.17, 15) is 14.4 Å². The normalized spacial score (nSPS) is 17.3. The van der Waals surface area contributed by atoms with E-state index in [1.807, 2.05) is 13.8 Å². The minimum absolute atomic E-state index is 0.000443. The van der Waals surface area contributed by atoms with Gasteiger partial charge in [0.1, 0.15) is 6.04 Å². The first-order valence-corrected chi connectivity index (χ1v) is 7.35. The molecule has 0 spiro atoms. The van der Waals surface area contributed by atoms with Crippen LogP contribution in [0.1, 0.15) is 33.6 Å². The first-order chi connectivity index (χ1) is 9.81. The van der Waals surface area contributed by atoms with E-state index in [-0.39, 0.29) is 17.9 Å². The molecule has 0 radical (unpaired) electrons. The molecule has 1 atom stereocenters. The molecule has 7 heteroatoms. The van der Waals surface area contributed by atoms with Crippen molar-refractivity contribution in [3.63, 3.8) is 0 Å². The third kappa shape index (κ3) is 5.61. The SMILES string of the molecule is CC(=O)N1CCCN(C(=O)NC(CC(C)C)C(=O)O)CC1. The zero-order valence-corrected chi connectivity index (χ0v) is 13.0. The molecule has 1 heterocycles. The van der Waals surface area contributed by atoms with Crippen LogP contribution in [0.4, 0.5) is 4.79 Å². The Balaban J connectivity index is 2.57. The van der Waals surface area contributed by atoms with Crippen molar-refractivity contribution in [3.8, 4) is 0 Å². The molecule has 1 fully saturated rings. The van der Waals surface area contributed by atoms with Crippen LogP contribution in [-0.4, -0.2) is 65.0 Å². The van der Waals surface area contributed by atoms with E-state index >= 15 is 0 Å². The quantitative estimate of drug-likeness (QED) is 0.801. The Morgan fingerprint density at radius 3 is 2.19 bits per heavy atom. The van der Waals surface area contributed by atoms with Gasteiger partial charge in [-0.15, -0.1) is 0 Å². The van der Waals surface area contributed by atoms with Crippen LogP contribution in [0.25, 0.3) is 0 Å². The van der Waals surface area contributed by atoms with Crippen molar-refractivity contribution in [3.05, 3.63) is 0 Å². The van der Waals surface area contributed by atoms with Gasteiger partial charge in [-0.1, -0.05) is 13.8 Å². The van der Waals surface area contributed by atoms with Gasteiger partial charge >= 0.3 is 12.0 Å². The molecule has 0 aromatic heterocycles. The molecule has 3 amide bonds. The van der Waals surface area contributed by atoms with Gasteiger partial charge in [-0.05, 0) is 18.8 Å². The fourth-order valence-electron chi connectivity index (χ4n) is 2.37. The molecule has 7 nitrogen and oxygen atoms in total. The number of urea groups is 1. The van der Waals surface area contributed by atoms with Crippen LogP contribution in [0.15, 0.2) is 0 Å². The first-order valence-electron chi connectivity index (χ1n) is 7.35. The number of carboxylic acid groups (broad SMARTS) is 1. The van der Waals surface area contributed by atoms with Gasteiger partial charge in [0.25, 0.3) is 0 Å². The van der Waals surface area contributed by atoms with E-state index in [0.717, 1.165) is 0 Å². The van der Waals surface area contributed by atoms with Gasteiger partial charge < -0.3 is 20.2 Å². The lowest BCUT2D eigenvalue weighted by Crippen LogP contribution is -2.49. The number of hydrogen-bond donors (Lipinski definition) is 2. The largest absolute Gasteiger partial charge is 0.480 e. The monoisotopic (exact) mass is 299 g/mol. The third-order valence-electron chi connectivity index (χ3n) is 3.53. The van der Waals surface area contributed by atoms with E-state index in [1.54, 1.807) is 9.80 Å². The molecule has 21 heavy (non-hydrogen) atoms. The summed E-state index contributed by atoms with van der Waals surface area (Å²) < 4.78 is 0. The zero-order chi connectivity index (χ0) is 16.0. The Bertz CT molecular complexity index is 398. The third-order valence-corrected chi connectivity index (χ3v) is 3.53. The van der Waals surface area contributed by atoms with E-state index in [2.05, 4.69) is 5.32 Å². The maximum absolute atomic E-state index is 12.2. The van der Waals surface area contributed by atoms with Gasteiger partial charge in [-0.3, -0.25) is 4.79 Å². The fraction of sp³-hybridized carbons (Fsp3) is 0.786. The van der Waals surface area contributed by atoms with Crippen molar-refractivity contribution >= 4 is 17.9 Å². The Kier molecular flexibility index (Phi) is 6.45. The highest BCUT2D eigenvalue weighted by atomic mass is 16.4. The predicted molar refractivity (Wildman–Crippen MR) is 77.9 cm³/mol. The molecule has 120 valence electrons. The number of rotatable bonds is 4. The summed E-state index contributed by atoms with van der Waals surface area (Å²) in [5.74, 6) is -0.832. The van der Waals surface area contributed by atoms with Crippen molar-refractivity contribution < 1.29 is 19.5 Å². The van der Waals surface area contributed by atoms with Crippen LogP contribution < -0.4 is 5.32 Å². The summed E-state index contributed by atoms with van der Waals surface area (Å²) in [5, 5.41) is 11.7. The van der Waals surface area contributed by atoms with Gasteiger partial charge in [0, 0.05) is 33.1 Å². The molecule has 0 aromatic rings. The van der Waals surface area contributed by atoms with Crippen LogP contribution >= 0.6 is 0 Å². The number of nitrogens with zero attached hydrogens (tertiary/aromatic N) is 2. The molecule has 2 N–H and O–H groups in total. The number of aliphatic carboxylic acids is 1. The highest BCUT2D eigenvalue weighted by molar-refractivity contribution is 5.82. The molecule has 1 rings (SSSR count). The second kappa shape index (κ2) is 7.85. The number of carboxylic acids is 1. The first kappa shape index (κ1) is 17.3. The zero-order valence-electron chi connectivity index (χ0n) is 13.0. The average molecular weight is 299 g/mol. The number of amides is 3. The lowest BCUT2D eigenvalue weighted by Gasteiger charge is -2.24. The number of carbonyl (C=O) groups excluding carboxylic acids is 2. The predicted octanol–water partition coefficient (Wildman–Crippen LogP) is 0.750. The minimum Gasteiger partial charge on any atom is -0.480 e. The Labute approximate surface area is 125 Å². The molecule has 1 aliphatic rings. The molecule has 0 aromatic carbocycles. The summed E-state index contributed by atoms with van der Waals surface area (Å²) in [6.45, 7) is 7.43. The Morgan fingerprint density at radius 2 is 1.67 bits per heavy atom. The maximum Gasteiger partial charge on any atom is 0.326 e. The maximum atomic E-state index is 12.2. The molecule has 0 aliphatic carbocycles. The lowest BCUT2D eigenvalue weighted by molar-refractivity contribution is -0.139. The highest BCUT2D eigenvalue weighted by Crippen LogP contribution is 2.08. The van der Waals surface area contributed by atoms with Gasteiger partial charge in [0.2, 0.25) is 5.91 Å². The van der Waals surface area contributed by atoms with Crippen molar-refractivity contribution in [2.75, 3.05) is 26.2 Å². The Hall–Kier alpha value is -1.79. The number of carbonyl (C=O) groups is 3. The highest BCUT2D eigenvalue weighted by Gasteiger charge is 2.25.